The summed E-state index contributed by atoms with van der Waals surface area (Å²) in [5.74, 6) is -1.36. The molecule has 1 aromatic carbocycles. The molecule has 0 spiro atoms. The normalized spacial score (nSPS) is 18.2. The van der Waals surface area contributed by atoms with Gasteiger partial charge in [0.05, 0.1) is 11.4 Å². The molecule has 4 N–H and O–H groups in total. The zero-order chi connectivity index (χ0) is 18.5. The highest BCUT2D eigenvalue weighted by Gasteiger charge is 2.26. The number of benzene rings is 1. The average Bonchev–Trinajstić information content (AvgIpc) is 2.64. The van der Waals surface area contributed by atoms with Gasteiger partial charge in [-0.2, -0.15) is 0 Å². The van der Waals surface area contributed by atoms with Crippen molar-refractivity contribution in [2.75, 3.05) is 10.6 Å². The monoisotopic (exact) mass is 428 g/mol. The van der Waals surface area contributed by atoms with Crippen LogP contribution in [0.3, 0.4) is 0 Å². The van der Waals surface area contributed by atoms with Gasteiger partial charge in [0.2, 0.25) is 5.91 Å². The van der Waals surface area contributed by atoms with Crippen LogP contribution in [0.5, 0.6) is 0 Å². The van der Waals surface area contributed by atoms with Crippen molar-refractivity contribution in [1.29, 1.82) is 0 Å². The van der Waals surface area contributed by atoms with Gasteiger partial charge in [0.15, 0.2) is 0 Å². The number of nitrogens with one attached hydrogen (secondary N) is 2. The van der Waals surface area contributed by atoms with Crippen LogP contribution in [-0.2, 0) is 4.79 Å². The Kier molecular flexibility index (Phi) is 9.31. The average molecular weight is 429 g/mol. The first kappa shape index (κ1) is 23.8. The maximum absolute atomic E-state index is 13.7. The molecule has 2 aromatic rings. The summed E-state index contributed by atoms with van der Waals surface area (Å²) in [6.07, 6.45) is 4.68. The van der Waals surface area contributed by atoms with Crippen LogP contribution in [0, 0.1) is 11.7 Å². The maximum atomic E-state index is 13.7. The van der Waals surface area contributed by atoms with E-state index in [9.17, 15) is 14.0 Å². The van der Waals surface area contributed by atoms with Crippen molar-refractivity contribution >= 4 is 48.0 Å². The molecule has 0 radical (unpaired) electrons. The van der Waals surface area contributed by atoms with Gasteiger partial charge in [0, 0.05) is 18.2 Å². The second-order valence-corrected chi connectivity index (χ2v) is 6.47. The predicted octanol–water partition coefficient (Wildman–Crippen LogP) is 3.77. The number of rotatable bonds is 4. The fourth-order valence-corrected chi connectivity index (χ4v) is 3.11. The fourth-order valence-electron chi connectivity index (χ4n) is 3.11. The molecule has 152 valence electrons. The summed E-state index contributed by atoms with van der Waals surface area (Å²) in [4.78, 5) is 28.8. The molecular weight excluding hydrogens is 406 g/mol. The lowest BCUT2D eigenvalue weighted by Crippen LogP contribution is -2.34. The van der Waals surface area contributed by atoms with Crippen molar-refractivity contribution in [3.8, 4) is 0 Å². The molecule has 1 saturated carbocycles. The van der Waals surface area contributed by atoms with Gasteiger partial charge in [-0.3, -0.25) is 14.6 Å². The number of nitrogens with zero attached hydrogens (tertiary/aromatic N) is 1. The predicted molar refractivity (Wildman–Crippen MR) is 112 cm³/mol. The van der Waals surface area contributed by atoms with Gasteiger partial charge in [-0.1, -0.05) is 12.5 Å². The smallest absolute Gasteiger partial charge is 0.274 e. The second-order valence-electron chi connectivity index (χ2n) is 6.47. The number of nitrogens with two attached hydrogens (primary N) is 1. The largest absolute Gasteiger partial charge is 0.328 e. The number of anilines is 2. The van der Waals surface area contributed by atoms with Gasteiger partial charge in [-0.25, -0.2) is 4.39 Å². The zero-order valence-electron chi connectivity index (χ0n) is 15.1. The summed E-state index contributed by atoms with van der Waals surface area (Å²) >= 11 is 0. The molecule has 2 unspecified atom stereocenters. The Balaban J connectivity index is 0.00000196. The van der Waals surface area contributed by atoms with Crippen LogP contribution in [-0.4, -0.2) is 22.8 Å². The Morgan fingerprint density at radius 1 is 1.07 bits per heavy atom. The van der Waals surface area contributed by atoms with Gasteiger partial charge in [-0.05, 0) is 49.6 Å². The number of carbonyl (C=O) groups is 2. The number of halogens is 3. The van der Waals surface area contributed by atoms with Crippen molar-refractivity contribution in [2.24, 2.45) is 11.7 Å². The molecule has 1 aromatic heterocycles. The number of aromatic nitrogens is 1. The SMILES string of the molecule is Cl.Cl.NC1CCCC(C(=O)Nc2cc(F)ccc2NC(=O)c2ccccn2)C1. The molecule has 3 rings (SSSR count). The summed E-state index contributed by atoms with van der Waals surface area (Å²) in [7, 11) is 0. The van der Waals surface area contributed by atoms with E-state index in [0.717, 1.165) is 19.3 Å². The lowest BCUT2D eigenvalue weighted by Gasteiger charge is -2.26. The first-order valence-electron chi connectivity index (χ1n) is 8.61. The summed E-state index contributed by atoms with van der Waals surface area (Å²) in [5, 5.41) is 5.39. The van der Waals surface area contributed by atoms with Crippen LogP contribution in [0.4, 0.5) is 15.8 Å². The Hall–Kier alpha value is -2.22. The molecule has 0 saturated heterocycles. The summed E-state index contributed by atoms with van der Waals surface area (Å²) < 4.78 is 13.7. The van der Waals surface area contributed by atoms with Gasteiger partial charge in [0.1, 0.15) is 11.5 Å². The highest BCUT2D eigenvalue weighted by molar-refractivity contribution is 6.06. The van der Waals surface area contributed by atoms with E-state index in [-0.39, 0.29) is 54.1 Å². The Morgan fingerprint density at radius 2 is 1.86 bits per heavy atom. The highest BCUT2D eigenvalue weighted by Crippen LogP contribution is 2.28. The summed E-state index contributed by atoms with van der Waals surface area (Å²) in [6.45, 7) is 0. The van der Waals surface area contributed by atoms with E-state index in [1.165, 1.54) is 24.4 Å². The lowest BCUT2D eigenvalue weighted by atomic mass is 9.85. The van der Waals surface area contributed by atoms with Crippen molar-refractivity contribution in [3.63, 3.8) is 0 Å². The molecular formula is C19H23Cl2FN4O2. The quantitative estimate of drug-likeness (QED) is 0.689. The van der Waals surface area contributed by atoms with Crippen molar-refractivity contribution in [2.45, 2.75) is 31.7 Å². The van der Waals surface area contributed by atoms with Gasteiger partial charge in [0.25, 0.3) is 5.91 Å². The standard InChI is InChI=1S/C19H21FN4O2.2ClH/c20-13-7-8-15(23-19(26)16-6-1-2-9-22-16)17(11-13)24-18(25)12-4-3-5-14(21)10-12;;/h1-2,6-9,11-12,14H,3-5,10,21H2,(H,23,26)(H,24,25);2*1H. The molecule has 1 aliphatic carbocycles. The molecule has 6 nitrogen and oxygen atoms in total. The number of amides is 2. The van der Waals surface area contributed by atoms with Gasteiger partial charge in [-0.15, -0.1) is 24.8 Å². The minimum Gasteiger partial charge on any atom is -0.328 e. The van der Waals surface area contributed by atoms with Crippen LogP contribution in [0.1, 0.15) is 36.2 Å². The van der Waals surface area contributed by atoms with Crippen molar-refractivity contribution in [3.05, 3.63) is 54.1 Å². The van der Waals surface area contributed by atoms with Gasteiger partial charge >= 0.3 is 0 Å². The van der Waals surface area contributed by atoms with E-state index in [4.69, 9.17) is 5.73 Å². The van der Waals surface area contributed by atoms with E-state index in [2.05, 4.69) is 15.6 Å². The Morgan fingerprint density at radius 3 is 2.54 bits per heavy atom. The lowest BCUT2D eigenvalue weighted by molar-refractivity contribution is -0.120. The van der Waals surface area contributed by atoms with E-state index in [1.807, 2.05) is 0 Å². The van der Waals surface area contributed by atoms with Crippen molar-refractivity contribution < 1.29 is 14.0 Å². The molecule has 2 atom stereocenters. The molecule has 9 heteroatoms. The molecule has 1 fully saturated rings. The molecule has 2 amide bonds. The zero-order valence-corrected chi connectivity index (χ0v) is 16.7. The molecule has 1 aliphatic rings. The first-order chi connectivity index (χ1) is 12.5. The second kappa shape index (κ2) is 10.9. The first-order valence-corrected chi connectivity index (χ1v) is 8.61. The van der Waals surface area contributed by atoms with Crippen LogP contribution < -0.4 is 16.4 Å². The molecule has 0 bridgehead atoms. The van der Waals surface area contributed by atoms with Crippen LogP contribution in [0.15, 0.2) is 42.6 Å². The summed E-state index contributed by atoms with van der Waals surface area (Å²) in [6, 6.07) is 8.81. The number of pyridine rings is 1. The number of hydrogen-bond donors (Lipinski definition) is 3. The van der Waals surface area contributed by atoms with Crippen molar-refractivity contribution in [1.82, 2.24) is 4.98 Å². The van der Waals surface area contributed by atoms with E-state index in [1.54, 1.807) is 18.2 Å². The summed E-state index contributed by atoms with van der Waals surface area (Å²) in [5.41, 5.74) is 6.70. The van der Waals surface area contributed by atoms with E-state index in [0.29, 0.717) is 12.1 Å². The third-order valence-electron chi connectivity index (χ3n) is 4.47. The van der Waals surface area contributed by atoms with E-state index < -0.39 is 11.7 Å². The molecule has 0 aliphatic heterocycles. The minimum atomic E-state index is -0.503. The van der Waals surface area contributed by atoms with Crippen LogP contribution in [0.2, 0.25) is 0 Å². The maximum Gasteiger partial charge on any atom is 0.274 e. The van der Waals surface area contributed by atoms with E-state index >= 15 is 0 Å². The third kappa shape index (κ3) is 6.15. The van der Waals surface area contributed by atoms with Crippen LogP contribution >= 0.6 is 24.8 Å². The topological polar surface area (TPSA) is 97.1 Å². The van der Waals surface area contributed by atoms with Crippen LogP contribution in [0.25, 0.3) is 0 Å². The molecule has 1 heterocycles. The number of hydrogen-bond acceptors (Lipinski definition) is 4. The van der Waals surface area contributed by atoms with Gasteiger partial charge < -0.3 is 16.4 Å². The third-order valence-corrected chi connectivity index (χ3v) is 4.47. The minimum absolute atomic E-state index is 0. The Bertz CT molecular complexity index is 808. The number of carbonyl (C=O) groups excluding carboxylic acids is 2. The highest BCUT2D eigenvalue weighted by atomic mass is 35.5. The fraction of sp³-hybridized carbons (Fsp3) is 0.316. The molecule has 28 heavy (non-hydrogen) atoms. The Labute approximate surface area is 175 Å².